The fraction of sp³-hybridized carbons (Fsp3) is 0.115. The van der Waals surface area contributed by atoms with Crippen molar-refractivity contribution < 1.29 is 19.0 Å². The molecule has 1 aliphatic rings. The zero-order chi connectivity index (χ0) is 21.8. The number of carbonyl (C=O) groups excluding carboxylic acids is 1. The molecule has 0 saturated heterocycles. The summed E-state index contributed by atoms with van der Waals surface area (Å²) in [5.74, 6) is 1.94. The first-order chi connectivity index (χ1) is 15.0. The number of methoxy groups -OCH3 is 1. The van der Waals surface area contributed by atoms with E-state index in [1.165, 1.54) is 0 Å². The maximum absolute atomic E-state index is 12.9. The number of rotatable bonds is 6. The summed E-state index contributed by atoms with van der Waals surface area (Å²) >= 11 is 3.45. The SMILES string of the molecule is COc1ccc(Br)cc1/C=C1\Oc2cc(OC/C=C/c3ccccc3)cc(C)c2C1=O. The second-order valence-electron chi connectivity index (χ2n) is 7.06. The lowest BCUT2D eigenvalue weighted by Crippen LogP contribution is -2.00. The minimum Gasteiger partial charge on any atom is -0.496 e. The highest BCUT2D eigenvalue weighted by Gasteiger charge is 2.30. The second kappa shape index (κ2) is 9.23. The van der Waals surface area contributed by atoms with Crippen molar-refractivity contribution in [2.45, 2.75) is 6.92 Å². The molecule has 0 aromatic heterocycles. The van der Waals surface area contributed by atoms with Gasteiger partial charge in [-0.15, -0.1) is 0 Å². The van der Waals surface area contributed by atoms with Crippen molar-refractivity contribution >= 4 is 33.9 Å². The predicted molar refractivity (Wildman–Crippen MR) is 126 cm³/mol. The van der Waals surface area contributed by atoms with Crippen molar-refractivity contribution in [1.29, 1.82) is 0 Å². The lowest BCUT2D eigenvalue weighted by Gasteiger charge is -2.07. The quantitative estimate of drug-likeness (QED) is 0.382. The van der Waals surface area contributed by atoms with Gasteiger partial charge in [0.1, 0.15) is 23.9 Å². The monoisotopic (exact) mass is 476 g/mol. The smallest absolute Gasteiger partial charge is 0.232 e. The molecule has 0 fully saturated rings. The molecule has 31 heavy (non-hydrogen) atoms. The van der Waals surface area contributed by atoms with Gasteiger partial charge in [-0.1, -0.05) is 52.3 Å². The van der Waals surface area contributed by atoms with Crippen LogP contribution in [0.2, 0.25) is 0 Å². The Morgan fingerprint density at radius 3 is 2.65 bits per heavy atom. The lowest BCUT2D eigenvalue weighted by molar-refractivity contribution is 0.101. The molecular formula is C26H21BrO4. The number of carbonyl (C=O) groups is 1. The highest BCUT2D eigenvalue weighted by molar-refractivity contribution is 9.10. The highest BCUT2D eigenvalue weighted by atomic mass is 79.9. The molecular weight excluding hydrogens is 456 g/mol. The molecule has 156 valence electrons. The first-order valence-electron chi connectivity index (χ1n) is 9.82. The molecule has 4 rings (SSSR count). The molecule has 3 aromatic rings. The molecule has 0 atom stereocenters. The Labute approximate surface area is 189 Å². The lowest BCUT2D eigenvalue weighted by atomic mass is 10.0. The molecule has 1 aliphatic heterocycles. The summed E-state index contributed by atoms with van der Waals surface area (Å²) in [4.78, 5) is 12.9. The minimum atomic E-state index is -0.148. The molecule has 0 saturated carbocycles. The summed E-state index contributed by atoms with van der Waals surface area (Å²) in [6, 6.07) is 19.3. The standard InChI is InChI=1S/C26H21BrO4/c1-17-13-21(30-12-6-9-18-7-4-3-5-8-18)16-23-25(17)26(28)24(31-23)15-19-14-20(27)10-11-22(19)29-2/h3-11,13-16H,12H2,1-2H3/b9-6+,24-15-. The van der Waals surface area contributed by atoms with Crippen LogP contribution in [0.3, 0.4) is 0 Å². The largest absolute Gasteiger partial charge is 0.496 e. The molecule has 3 aromatic carbocycles. The van der Waals surface area contributed by atoms with E-state index in [1.54, 1.807) is 19.3 Å². The Hall–Kier alpha value is -3.31. The van der Waals surface area contributed by atoms with Crippen LogP contribution < -0.4 is 14.2 Å². The minimum absolute atomic E-state index is 0.148. The Kier molecular flexibility index (Phi) is 6.23. The van der Waals surface area contributed by atoms with Crippen LogP contribution in [0.15, 0.2) is 77.0 Å². The number of ether oxygens (including phenoxy) is 3. The van der Waals surface area contributed by atoms with Crippen LogP contribution in [-0.2, 0) is 0 Å². The molecule has 0 unspecified atom stereocenters. The van der Waals surface area contributed by atoms with Crippen molar-refractivity contribution in [1.82, 2.24) is 0 Å². The van der Waals surface area contributed by atoms with Gasteiger partial charge in [-0.25, -0.2) is 0 Å². The summed E-state index contributed by atoms with van der Waals surface area (Å²) < 4.78 is 18.0. The third-order valence-corrected chi connectivity index (χ3v) is 5.37. The maximum atomic E-state index is 12.9. The van der Waals surface area contributed by atoms with Crippen molar-refractivity contribution in [2.24, 2.45) is 0 Å². The molecule has 0 amide bonds. The first kappa shape index (κ1) is 20.9. The molecule has 4 nitrogen and oxygen atoms in total. The molecule has 0 spiro atoms. The van der Waals surface area contributed by atoms with Gasteiger partial charge in [0.25, 0.3) is 0 Å². The van der Waals surface area contributed by atoms with Crippen LogP contribution in [0.1, 0.15) is 27.0 Å². The average molecular weight is 477 g/mol. The van der Waals surface area contributed by atoms with Crippen LogP contribution in [0, 0.1) is 6.92 Å². The van der Waals surface area contributed by atoms with Gasteiger partial charge >= 0.3 is 0 Å². The number of allylic oxidation sites excluding steroid dienone is 1. The van der Waals surface area contributed by atoms with E-state index in [0.717, 1.165) is 21.2 Å². The number of ketones is 1. The van der Waals surface area contributed by atoms with Crippen molar-refractivity contribution in [3.8, 4) is 17.2 Å². The van der Waals surface area contributed by atoms with Crippen molar-refractivity contribution in [2.75, 3.05) is 13.7 Å². The number of aryl methyl sites for hydroxylation is 1. The predicted octanol–water partition coefficient (Wildman–Crippen LogP) is 6.47. The van der Waals surface area contributed by atoms with Gasteiger partial charge in [-0.3, -0.25) is 4.79 Å². The summed E-state index contributed by atoms with van der Waals surface area (Å²) in [5, 5.41) is 0. The van der Waals surface area contributed by atoms with Gasteiger partial charge in [-0.05, 0) is 54.5 Å². The van der Waals surface area contributed by atoms with Crippen LogP contribution in [0.25, 0.3) is 12.2 Å². The zero-order valence-corrected chi connectivity index (χ0v) is 18.8. The van der Waals surface area contributed by atoms with Crippen LogP contribution in [0.5, 0.6) is 17.2 Å². The highest BCUT2D eigenvalue weighted by Crippen LogP contribution is 2.38. The molecule has 0 aliphatic carbocycles. The zero-order valence-electron chi connectivity index (χ0n) is 17.2. The maximum Gasteiger partial charge on any atom is 0.232 e. The fourth-order valence-corrected chi connectivity index (χ4v) is 3.79. The first-order valence-corrected chi connectivity index (χ1v) is 10.6. The number of halogens is 1. The third-order valence-electron chi connectivity index (χ3n) is 4.88. The van der Waals surface area contributed by atoms with Gasteiger partial charge in [0.05, 0.1) is 12.7 Å². The van der Waals surface area contributed by atoms with E-state index in [-0.39, 0.29) is 11.5 Å². The number of fused-ring (bicyclic) bond motifs is 1. The van der Waals surface area contributed by atoms with Gasteiger partial charge in [0, 0.05) is 16.1 Å². The third kappa shape index (κ3) is 4.72. The average Bonchev–Trinajstić information content (AvgIpc) is 3.08. The topological polar surface area (TPSA) is 44.8 Å². The molecule has 5 heteroatoms. The van der Waals surface area contributed by atoms with Crippen LogP contribution in [-0.4, -0.2) is 19.5 Å². The Morgan fingerprint density at radius 2 is 1.87 bits per heavy atom. The van der Waals surface area contributed by atoms with E-state index in [2.05, 4.69) is 15.9 Å². The van der Waals surface area contributed by atoms with Crippen LogP contribution >= 0.6 is 15.9 Å². The second-order valence-corrected chi connectivity index (χ2v) is 7.98. The molecule has 0 bridgehead atoms. The van der Waals surface area contributed by atoms with Gasteiger partial charge in [-0.2, -0.15) is 0 Å². The Morgan fingerprint density at radius 1 is 1.06 bits per heavy atom. The van der Waals surface area contributed by atoms with E-state index >= 15 is 0 Å². The molecule has 0 radical (unpaired) electrons. The number of hydrogen-bond acceptors (Lipinski definition) is 4. The van der Waals surface area contributed by atoms with E-state index in [0.29, 0.717) is 29.4 Å². The summed E-state index contributed by atoms with van der Waals surface area (Å²) in [5.41, 5.74) is 3.25. The summed E-state index contributed by atoms with van der Waals surface area (Å²) in [6.45, 7) is 2.30. The number of benzene rings is 3. The van der Waals surface area contributed by atoms with Gasteiger partial charge in [0.15, 0.2) is 5.76 Å². The van der Waals surface area contributed by atoms with Crippen LogP contribution in [0.4, 0.5) is 0 Å². The number of Topliss-reactive ketones (excluding diaryl/α,β-unsaturated/α-hetero) is 1. The van der Waals surface area contributed by atoms with E-state index in [9.17, 15) is 4.79 Å². The molecule has 0 N–H and O–H groups in total. The van der Waals surface area contributed by atoms with Gasteiger partial charge in [0.2, 0.25) is 5.78 Å². The summed E-state index contributed by atoms with van der Waals surface area (Å²) in [6.07, 6.45) is 5.66. The molecule has 1 heterocycles. The number of hydrogen-bond donors (Lipinski definition) is 0. The Bertz CT molecular complexity index is 1180. The van der Waals surface area contributed by atoms with E-state index < -0.39 is 0 Å². The Balaban J connectivity index is 1.52. The van der Waals surface area contributed by atoms with E-state index in [4.69, 9.17) is 14.2 Å². The van der Waals surface area contributed by atoms with Gasteiger partial charge < -0.3 is 14.2 Å². The normalized spacial score (nSPS) is 14.0. The summed E-state index contributed by atoms with van der Waals surface area (Å²) in [7, 11) is 1.59. The van der Waals surface area contributed by atoms with Crippen molar-refractivity contribution in [3.05, 3.63) is 99.2 Å². The van der Waals surface area contributed by atoms with Crippen molar-refractivity contribution in [3.63, 3.8) is 0 Å². The van der Waals surface area contributed by atoms with E-state index in [1.807, 2.05) is 73.7 Å². The fourth-order valence-electron chi connectivity index (χ4n) is 3.41.